The second-order valence-corrected chi connectivity index (χ2v) is 6.43. The molecule has 2 aromatic rings. The van der Waals surface area contributed by atoms with Crippen LogP contribution in [0.2, 0.25) is 0 Å². The molecule has 2 amide bonds. The predicted octanol–water partition coefficient (Wildman–Crippen LogP) is 3.69. The summed E-state index contributed by atoms with van der Waals surface area (Å²) in [5.41, 5.74) is 2.39. The number of hydrogen-bond donors (Lipinski definition) is 1. The number of urea groups is 1. The molecule has 0 saturated carbocycles. The zero-order valence-corrected chi connectivity index (χ0v) is 16.3. The molecule has 1 saturated heterocycles. The first-order valence-electron chi connectivity index (χ1n) is 8.80. The Kier molecular flexibility index (Phi) is 5.43. The number of anilines is 1. The number of nitrogens with zero attached hydrogens (tertiary/aromatic N) is 2. The first kappa shape index (κ1) is 18.9. The summed E-state index contributed by atoms with van der Waals surface area (Å²) in [6.45, 7) is 4.45. The monoisotopic (exact) mass is 375 g/mol. The van der Waals surface area contributed by atoms with Gasteiger partial charge in [-0.05, 0) is 26.7 Å². The van der Waals surface area contributed by atoms with Crippen LogP contribution in [-0.2, 0) is 0 Å². The number of carbonyl (C=O) groups excluding carboxylic acids is 1. The average molecular weight is 375 g/mol. The van der Waals surface area contributed by atoms with Gasteiger partial charge in [-0.3, -0.25) is 0 Å². The highest BCUT2D eigenvalue weighted by Crippen LogP contribution is 2.41. The summed E-state index contributed by atoms with van der Waals surface area (Å²) in [6, 6.07) is 3.19. The SMILES string of the molecule is COc1cc(NC(=O)N2CCC[C@@H]2c2c(C)noc2C)cc(OC)c1OC. The molecule has 8 nitrogen and oxygen atoms in total. The molecule has 2 heterocycles. The van der Waals surface area contributed by atoms with Crippen molar-refractivity contribution in [1.82, 2.24) is 10.1 Å². The van der Waals surface area contributed by atoms with Crippen LogP contribution >= 0.6 is 0 Å². The smallest absolute Gasteiger partial charge is 0.322 e. The van der Waals surface area contributed by atoms with Crippen molar-refractivity contribution < 1.29 is 23.5 Å². The van der Waals surface area contributed by atoms with Crippen LogP contribution in [0.25, 0.3) is 0 Å². The second-order valence-electron chi connectivity index (χ2n) is 6.43. The van der Waals surface area contributed by atoms with Crippen molar-refractivity contribution in [1.29, 1.82) is 0 Å². The number of aromatic nitrogens is 1. The van der Waals surface area contributed by atoms with Gasteiger partial charge in [0.2, 0.25) is 5.75 Å². The van der Waals surface area contributed by atoms with E-state index in [0.29, 0.717) is 29.5 Å². The van der Waals surface area contributed by atoms with Gasteiger partial charge in [0.05, 0.1) is 38.8 Å². The number of hydrogen-bond acceptors (Lipinski definition) is 6. The highest BCUT2D eigenvalue weighted by atomic mass is 16.5. The van der Waals surface area contributed by atoms with Crippen LogP contribution in [0.5, 0.6) is 17.2 Å². The molecule has 1 aliphatic rings. The zero-order valence-electron chi connectivity index (χ0n) is 16.3. The van der Waals surface area contributed by atoms with Crippen molar-refractivity contribution >= 4 is 11.7 Å². The van der Waals surface area contributed by atoms with Crippen molar-refractivity contribution in [2.45, 2.75) is 32.7 Å². The van der Waals surface area contributed by atoms with Crippen LogP contribution in [0.4, 0.5) is 10.5 Å². The molecule has 0 aliphatic carbocycles. The summed E-state index contributed by atoms with van der Waals surface area (Å²) in [4.78, 5) is 14.8. The fourth-order valence-corrected chi connectivity index (χ4v) is 3.62. The molecular weight excluding hydrogens is 350 g/mol. The normalized spacial score (nSPS) is 16.3. The number of aryl methyl sites for hydroxylation is 2. The predicted molar refractivity (Wildman–Crippen MR) is 99.8 cm³/mol. The Labute approximate surface area is 158 Å². The number of nitrogens with one attached hydrogen (secondary N) is 1. The molecule has 1 aliphatic heterocycles. The van der Waals surface area contributed by atoms with Crippen LogP contribution in [0.3, 0.4) is 0 Å². The number of rotatable bonds is 5. The molecule has 1 aromatic carbocycles. The van der Waals surface area contributed by atoms with Gasteiger partial charge in [-0.25, -0.2) is 4.79 Å². The third-order valence-electron chi connectivity index (χ3n) is 4.85. The minimum Gasteiger partial charge on any atom is -0.493 e. The molecule has 3 rings (SSSR count). The van der Waals surface area contributed by atoms with E-state index in [1.807, 2.05) is 18.7 Å². The Morgan fingerprint density at radius 3 is 2.37 bits per heavy atom. The molecule has 8 heteroatoms. The molecule has 27 heavy (non-hydrogen) atoms. The first-order chi connectivity index (χ1) is 13.0. The lowest BCUT2D eigenvalue weighted by atomic mass is 10.0. The maximum atomic E-state index is 12.9. The summed E-state index contributed by atoms with van der Waals surface area (Å²) in [5, 5.41) is 6.96. The molecule has 146 valence electrons. The van der Waals surface area contributed by atoms with Crippen molar-refractivity contribution in [3.8, 4) is 17.2 Å². The minimum atomic E-state index is -0.188. The third-order valence-corrected chi connectivity index (χ3v) is 4.85. The number of carbonyl (C=O) groups is 1. The molecule has 0 spiro atoms. The lowest BCUT2D eigenvalue weighted by Crippen LogP contribution is -2.34. The Balaban J connectivity index is 1.84. The van der Waals surface area contributed by atoms with E-state index < -0.39 is 0 Å². The van der Waals surface area contributed by atoms with Crippen molar-refractivity contribution in [2.75, 3.05) is 33.2 Å². The fraction of sp³-hybridized carbons (Fsp3) is 0.474. The van der Waals surface area contributed by atoms with E-state index in [4.69, 9.17) is 18.7 Å². The topological polar surface area (TPSA) is 86.1 Å². The van der Waals surface area contributed by atoms with Gasteiger partial charge in [0, 0.05) is 24.2 Å². The van der Waals surface area contributed by atoms with E-state index >= 15 is 0 Å². The molecule has 1 aromatic heterocycles. The summed E-state index contributed by atoms with van der Waals surface area (Å²) in [6.07, 6.45) is 1.81. The summed E-state index contributed by atoms with van der Waals surface area (Å²) < 4.78 is 21.3. The summed E-state index contributed by atoms with van der Waals surface area (Å²) >= 11 is 0. The van der Waals surface area contributed by atoms with E-state index in [0.717, 1.165) is 29.9 Å². The van der Waals surface area contributed by atoms with Crippen LogP contribution in [0, 0.1) is 13.8 Å². The highest BCUT2D eigenvalue weighted by molar-refractivity contribution is 5.90. The third kappa shape index (κ3) is 3.51. The maximum absolute atomic E-state index is 12.9. The number of ether oxygens (including phenoxy) is 3. The lowest BCUT2D eigenvalue weighted by molar-refractivity contribution is 0.206. The van der Waals surface area contributed by atoms with Gasteiger partial charge in [-0.15, -0.1) is 0 Å². The van der Waals surface area contributed by atoms with E-state index in [9.17, 15) is 4.79 Å². The average Bonchev–Trinajstić information content (AvgIpc) is 3.26. The van der Waals surface area contributed by atoms with Gasteiger partial charge >= 0.3 is 6.03 Å². The van der Waals surface area contributed by atoms with E-state index in [1.54, 1.807) is 12.1 Å². The Morgan fingerprint density at radius 2 is 1.85 bits per heavy atom. The molecule has 1 N–H and O–H groups in total. The van der Waals surface area contributed by atoms with Crippen LogP contribution in [0.1, 0.15) is 35.9 Å². The van der Waals surface area contributed by atoms with Gasteiger partial charge in [0.1, 0.15) is 5.76 Å². The largest absolute Gasteiger partial charge is 0.493 e. The summed E-state index contributed by atoms with van der Waals surface area (Å²) in [7, 11) is 4.62. The van der Waals surface area contributed by atoms with Crippen molar-refractivity contribution in [2.24, 2.45) is 0 Å². The van der Waals surface area contributed by atoms with Crippen molar-refractivity contribution in [3.63, 3.8) is 0 Å². The molecule has 0 bridgehead atoms. The standard InChI is InChI=1S/C19H25N3O5/c1-11-17(12(2)27-21-11)14-7-6-8-22(14)19(23)20-13-9-15(24-3)18(26-5)16(10-13)25-4/h9-10,14H,6-8H2,1-5H3,(H,20,23)/t14-/m1/s1. The zero-order chi connectivity index (χ0) is 19.6. The van der Waals surface area contributed by atoms with Gasteiger partial charge in [-0.1, -0.05) is 5.16 Å². The lowest BCUT2D eigenvalue weighted by Gasteiger charge is -2.25. The maximum Gasteiger partial charge on any atom is 0.322 e. The Hall–Kier alpha value is -2.90. The Morgan fingerprint density at radius 1 is 1.19 bits per heavy atom. The van der Waals surface area contributed by atoms with Gasteiger partial charge in [0.25, 0.3) is 0 Å². The van der Waals surface area contributed by atoms with Crippen LogP contribution in [-0.4, -0.2) is 44.0 Å². The molecule has 1 atom stereocenters. The number of methoxy groups -OCH3 is 3. The molecule has 1 fully saturated rings. The minimum absolute atomic E-state index is 0.0433. The fourth-order valence-electron chi connectivity index (χ4n) is 3.62. The highest BCUT2D eigenvalue weighted by Gasteiger charge is 2.34. The quantitative estimate of drug-likeness (QED) is 0.858. The van der Waals surface area contributed by atoms with Crippen LogP contribution < -0.4 is 19.5 Å². The number of amides is 2. The summed E-state index contributed by atoms with van der Waals surface area (Å²) in [5.74, 6) is 2.20. The number of likely N-dealkylation sites (tertiary alicyclic amines) is 1. The van der Waals surface area contributed by atoms with Gasteiger partial charge < -0.3 is 29.0 Å². The van der Waals surface area contributed by atoms with E-state index in [2.05, 4.69) is 10.5 Å². The van der Waals surface area contributed by atoms with Gasteiger partial charge in [-0.2, -0.15) is 0 Å². The molecule has 0 radical (unpaired) electrons. The van der Waals surface area contributed by atoms with E-state index in [1.165, 1.54) is 21.3 Å². The molecular formula is C19H25N3O5. The first-order valence-corrected chi connectivity index (χ1v) is 8.80. The Bertz CT molecular complexity index is 788. The molecule has 0 unspecified atom stereocenters. The van der Waals surface area contributed by atoms with E-state index in [-0.39, 0.29) is 12.1 Å². The van der Waals surface area contributed by atoms with Gasteiger partial charge in [0.15, 0.2) is 11.5 Å². The van der Waals surface area contributed by atoms with Crippen molar-refractivity contribution in [3.05, 3.63) is 29.2 Å². The second kappa shape index (κ2) is 7.77. The van der Waals surface area contributed by atoms with Crippen LogP contribution in [0.15, 0.2) is 16.7 Å². The number of benzene rings is 1.